The van der Waals surface area contributed by atoms with E-state index in [1.165, 1.54) is 12.3 Å². The lowest BCUT2D eigenvalue weighted by atomic mass is 9.97. The van der Waals surface area contributed by atoms with Crippen LogP contribution in [0.5, 0.6) is 0 Å². The molecule has 0 aliphatic heterocycles. The fourth-order valence-electron chi connectivity index (χ4n) is 3.60. The summed E-state index contributed by atoms with van der Waals surface area (Å²) in [6.45, 7) is 0. The standard InChI is InChI=1S/C27H21Cl2N3O2/c28-20-14-15-21(22(29)17-20)25(32-26(33)23-13-7-8-16-30-23)27(34)31-24(18-9-3-1-4-10-18)19-11-5-2-6-12-19/h1-17,24-25H,(H,31,34)(H,32,33). The minimum absolute atomic E-state index is 0.188. The molecule has 1 aromatic heterocycles. The number of nitrogens with one attached hydrogen (secondary N) is 2. The first-order valence-corrected chi connectivity index (χ1v) is 11.4. The monoisotopic (exact) mass is 489 g/mol. The minimum Gasteiger partial charge on any atom is -0.343 e. The summed E-state index contributed by atoms with van der Waals surface area (Å²) in [5.74, 6) is -0.922. The molecule has 0 saturated heterocycles. The second-order valence-electron chi connectivity index (χ2n) is 7.55. The molecule has 3 aromatic carbocycles. The first kappa shape index (κ1) is 23.5. The van der Waals surface area contributed by atoms with Gasteiger partial charge in [-0.15, -0.1) is 0 Å². The molecule has 0 bridgehead atoms. The van der Waals surface area contributed by atoms with E-state index in [1.54, 1.807) is 30.3 Å². The Morgan fingerprint density at radius 3 is 1.91 bits per heavy atom. The Bertz CT molecular complexity index is 1230. The molecular formula is C27H21Cl2N3O2. The lowest BCUT2D eigenvalue weighted by molar-refractivity contribution is -0.123. The predicted octanol–water partition coefficient (Wildman–Crippen LogP) is 5.77. The molecule has 1 atom stereocenters. The van der Waals surface area contributed by atoms with Gasteiger partial charge in [-0.25, -0.2) is 0 Å². The van der Waals surface area contributed by atoms with E-state index in [0.29, 0.717) is 10.6 Å². The van der Waals surface area contributed by atoms with Crippen LogP contribution in [0.1, 0.15) is 39.3 Å². The van der Waals surface area contributed by atoms with Crippen molar-refractivity contribution in [2.45, 2.75) is 12.1 Å². The fraction of sp³-hybridized carbons (Fsp3) is 0.0741. The molecule has 0 spiro atoms. The van der Waals surface area contributed by atoms with Crippen LogP contribution in [0.2, 0.25) is 10.0 Å². The van der Waals surface area contributed by atoms with Gasteiger partial charge in [0, 0.05) is 21.8 Å². The Morgan fingerprint density at radius 2 is 1.35 bits per heavy atom. The zero-order valence-electron chi connectivity index (χ0n) is 18.0. The van der Waals surface area contributed by atoms with Gasteiger partial charge in [-0.05, 0) is 35.4 Å². The fourth-order valence-corrected chi connectivity index (χ4v) is 4.12. The second kappa shape index (κ2) is 11.0. The van der Waals surface area contributed by atoms with E-state index < -0.39 is 23.9 Å². The first-order valence-electron chi connectivity index (χ1n) is 10.6. The lowest BCUT2D eigenvalue weighted by Crippen LogP contribution is -2.42. The molecule has 0 fully saturated rings. The van der Waals surface area contributed by atoms with Gasteiger partial charge in [-0.2, -0.15) is 0 Å². The highest BCUT2D eigenvalue weighted by molar-refractivity contribution is 6.35. The molecule has 2 N–H and O–H groups in total. The highest BCUT2D eigenvalue weighted by Crippen LogP contribution is 2.29. The van der Waals surface area contributed by atoms with Crippen molar-refractivity contribution in [1.82, 2.24) is 15.6 Å². The number of carbonyl (C=O) groups excluding carboxylic acids is 2. The molecule has 7 heteroatoms. The molecule has 0 aliphatic rings. The maximum absolute atomic E-state index is 13.7. The Hall–Kier alpha value is -3.67. The van der Waals surface area contributed by atoms with Crippen molar-refractivity contribution in [3.63, 3.8) is 0 Å². The summed E-state index contributed by atoms with van der Waals surface area (Å²) in [5.41, 5.74) is 2.42. The van der Waals surface area contributed by atoms with Crippen molar-refractivity contribution >= 4 is 35.0 Å². The Kier molecular flexibility index (Phi) is 7.58. The van der Waals surface area contributed by atoms with Crippen molar-refractivity contribution in [2.24, 2.45) is 0 Å². The Labute approximate surface area is 207 Å². The summed E-state index contributed by atoms with van der Waals surface area (Å²) in [6, 6.07) is 27.5. The van der Waals surface area contributed by atoms with Crippen molar-refractivity contribution < 1.29 is 9.59 Å². The van der Waals surface area contributed by atoms with Gasteiger partial charge in [0.1, 0.15) is 11.7 Å². The Morgan fingerprint density at radius 1 is 0.735 bits per heavy atom. The van der Waals surface area contributed by atoms with Crippen LogP contribution in [-0.2, 0) is 4.79 Å². The summed E-state index contributed by atoms with van der Waals surface area (Å²) < 4.78 is 0. The van der Waals surface area contributed by atoms with E-state index >= 15 is 0 Å². The highest BCUT2D eigenvalue weighted by atomic mass is 35.5. The third-order valence-corrected chi connectivity index (χ3v) is 5.82. The molecule has 170 valence electrons. The van der Waals surface area contributed by atoms with Crippen LogP contribution >= 0.6 is 23.2 Å². The number of pyridine rings is 1. The van der Waals surface area contributed by atoms with Crippen LogP contribution in [0, 0.1) is 0 Å². The van der Waals surface area contributed by atoms with E-state index in [1.807, 2.05) is 60.7 Å². The number of aromatic nitrogens is 1. The zero-order valence-corrected chi connectivity index (χ0v) is 19.5. The second-order valence-corrected chi connectivity index (χ2v) is 8.39. The van der Waals surface area contributed by atoms with E-state index in [0.717, 1.165) is 11.1 Å². The summed E-state index contributed by atoms with van der Waals surface area (Å²) in [6.07, 6.45) is 1.51. The quantitative estimate of drug-likeness (QED) is 0.346. The van der Waals surface area contributed by atoms with E-state index in [9.17, 15) is 9.59 Å². The van der Waals surface area contributed by atoms with Crippen molar-refractivity contribution in [1.29, 1.82) is 0 Å². The van der Waals surface area contributed by atoms with E-state index in [4.69, 9.17) is 23.2 Å². The summed E-state index contributed by atoms with van der Waals surface area (Å²) in [5, 5.41) is 6.55. The van der Waals surface area contributed by atoms with Gasteiger partial charge in [0.25, 0.3) is 5.91 Å². The molecular weight excluding hydrogens is 469 g/mol. The average molecular weight is 490 g/mol. The zero-order chi connectivity index (χ0) is 23.9. The first-order chi connectivity index (χ1) is 16.5. The Balaban J connectivity index is 1.69. The van der Waals surface area contributed by atoms with Gasteiger partial charge < -0.3 is 10.6 Å². The van der Waals surface area contributed by atoms with Gasteiger partial charge in [-0.3, -0.25) is 14.6 Å². The maximum Gasteiger partial charge on any atom is 0.270 e. The number of amides is 2. The van der Waals surface area contributed by atoms with Crippen LogP contribution < -0.4 is 10.6 Å². The van der Waals surface area contributed by atoms with Crippen molar-refractivity contribution in [3.8, 4) is 0 Å². The van der Waals surface area contributed by atoms with Crippen LogP contribution in [0.3, 0.4) is 0 Å². The molecule has 5 nitrogen and oxygen atoms in total. The summed E-state index contributed by atoms with van der Waals surface area (Å²) >= 11 is 12.5. The van der Waals surface area contributed by atoms with Gasteiger partial charge in [-0.1, -0.05) is 96.0 Å². The van der Waals surface area contributed by atoms with Gasteiger partial charge in [0.05, 0.1) is 6.04 Å². The van der Waals surface area contributed by atoms with Crippen LogP contribution in [-0.4, -0.2) is 16.8 Å². The third kappa shape index (κ3) is 5.63. The van der Waals surface area contributed by atoms with Gasteiger partial charge in [0.15, 0.2) is 0 Å². The SMILES string of the molecule is O=C(NC(C(=O)NC(c1ccccc1)c1ccccc1)c1ccc(Cl)cc1Cl)c1ccccn1. The molecule has 34 heavy (non-hydrogen) atoms. The summed E-state index contributed by atoms with van der Waals surface area (Å²) in [7, 11) is 0. The molecule has 0 radical (unpaired) electrons. The molecule has 0 saturated carbocycles. The molecule has 2 amide bonds. The number of nitrogens with zero attached hydrogens (tertiary/aromatic N) is 1. The topological polar surface area (TPSA) is 71.1 Å². The van der Waals surface area contributed by atoms with Crippen molar-refractivity contribution in [3.05, 3.63) is 136 Å². The summed E-state index contributed by atoms with van der Waals surface area (Å²) in [4.78, 5) is 30.7. The van der Waals surface area contributed by atoms with Crippen LogP contribution in [0.25, 0.3) is 0 Å². The maximum atomic E-state index is 13.7. The number of carbonyl (C=O) groups is 2. The van der Waals surface area contributed by atoms with E-state index in [-0.39, 0.29) is 10.7 Å². The highest BCUT2D eigenvalue weighted by Gasteiger charge is 2.28. The largest absolute Gasteiger partial charge is 0.343 e. The van der Waals surface area contributed by atoms with Crippen LogP contribution in [0.15, 0.2) is 103 Å². The molecule has 0 aliphatic carbocycles. The number of hydrogen-bond acceptors (Lipinski definition) is 3. The lowest BCUT2D eigenvalue weighted by Gasteiger charge is -2.25. The van der Waals surface area contributed by atoms with Crippen LogP contribution in [0.4, 0.5) is 0 Å². The molecule has 4 rings (SSSR count). The number of hydrogen-bond donors (Lipinski definition) is 2. The average Bonchev–Trinajstić information content (AvgIpc) is 2.87. The smallest absolute Gasteiger partial charge is 0.270 e. The van der Waals surface area contributed by atoms with E-state index in [2.05, 4.69) is 15.6 Å². The van der Waals surface area contributed by atoms with Crippen molar-refractivity contribution in [2.75, 3.05) is 0 Å². The normalized spacial score (nSPS) is 11.6. The van der Waals surface area contributed by atoms with Gasteiger partial charge >= 0.3 is 0 Å². The van der Waals surface area contributed by atoms with Gasteiger partial charge in [0.2, 0.25) is 5.91 Å². The molecule has 4 aromatic rings. The number of benzene rings is 3. The molecule has 1 heterocycles. The number of rotatable bonds is 7. The third-order valence-electron chi connectivity index (χ3n) is 5.26. The predicted molar refractivity (Wildman–Crippen MR) is 134 cm³/mol. The molecule has 1 unspecified atom stereocenters. The number of halogens is 2. The minimum atomic E-state index is -1.07.